The number of aliphatic hydroxyl groups is 1. The molecular weight excluding hydrogens is 404 g/mol. The quantitative estimate of drug-likeness (QED) is 0.434. The molecule has 8 heteroatoms. The van der Waals surface area contributed by atoms with Gasteiger partial charge in [-0.3, -0.25) is 4.79 Å². The first-order valence-electron chi connectivity index (χ1n) is 9.74. The number of carbonyl (C=O) groups excluding carboxylic acids is 1. The first-order valence-corrected chi connectivity index (χ1v) is 9.74. The molecule has 3 rings (SSSR count). The van der Waals surface area contributed by atoms with Gasteiger partial charge in [0, 0.05) is 13.5 Å². The molecule has 166 valence electrons. The Morgan fingerprint density at radius 2 is 1.94 bits per heavy atom. The van der Waals surface area contributed by atoms with Crippen LogP contribution in [-0.4, -0.2) is 48.7 Å². The third-order valence-corrected chi connectivity index (χ3v) is 5.49. The number of benzene rings is 2. The fourth-order valence-corrected chi connectivity index (χ4v) is 3.22. The Kier molecular flexibility index (Phi) is 6.24. The average Bonchev–Trinajstić information content (AvgIpc) is 2.73. The molecule has 0 aliphatic rings. The highest BCUT2D eigenvalue weighted by Crippen LogP contribution is 2.32. The number of carbonyl (C=O) groups is 1. The second kappa shape index (κ2) is 8.56. The zero-order chi connectivity index (χ0) is 22.9. The molecule has 3 aromatic rings. The highest BCUT2D eigenvalue weighted by atomic mass is 16.6. The lowest BCUT2D eigenvalue weighted by Gasteiger charge is -2.29. The average molecular weight is 430 g/mol. The molecule has 31 heavy (non-hydrogen) atoms. The van der Waals surface area contributed by atoms with Gasteiger partial charge in [0.15, 0.2) is 6.61 Å². The van der Waals surface area contributed by atoms with Gasteiger partial charge in [0.05, 0.1) is 24.2 Å². The standard InChI is InChI=1S/C23H26O8/c1-12-8-17-14(10-16(12)30-11-19(26)28-4)21(27)20-15(24)7-6-13(22(20)31-17)9-18(25)23(2,3)29-5/h6-8,10,18,24-25H,9,11H2,1-5H3/t18-/m0/s1. The summed E-state index contributed by atoms with van der Waals surface area (Å²) in [4.78, 5) is 24.6. The molecule has 0 unspecified atom stereocenters. The van der Waals surface area contributed by atoms with Crippen LogP contribution >= 0.6 is 0 Å². The topological polar surface area (TPSA) is 115 Å². The van der Waals surface area contributed by atoms with Gasteiger partial charge in [0.2, 0.25) is 5.43 Å². The summed E-state index contributed by atoms with van der Waals surface area (Å²) in [5.74, 6) is -0.449. The summed E-state index contributed by atoms with van der Waals surface area (Å²) in [7, 11) is 2.76. The highest BCUT2D eigenvalue weighted by Gasteiger charge is 2.29. The molecule has 0 aliphatic heterocycles. The van der Waals surface area contributed by atoms with Crippen LogP contribution in [0.15, 0.2) is 33.5 Å². The van der Waals surface area contributed by atoms with E-state index in [2.05, 4.69) is 4.74 Å². The van der Waals surface area contributed by atoms with Crippen molar-refractivity contribution < 1.29 is 33.6 Å². The van der Waals surface area contributed by atoms with E-state index in [1.807, 2.05) is 0 Å². The van der Waals surface area contributed by atoms with Crippen molar-refractivity contribution in [3.63, 3.8) is 0 Å². The van der Waals surface area contributed by atoms with E-state index < -0.39 is 23.1 Å². The second-order valence-electron chi connectivity index (χ2n) is 7.89. The Labute approximate surface area is 179 Å². The number of aromatic hydroxyl groups is 1. The monoisotopic (exact) mass is 430 g/mol. The number of aryl methyl sites for hydroxylation is 1. The Morgan fingerprint density at radius 1 is 1.23 bits per heavy atom. The van der Waals surface area contributed by atoms with Crippen LogP contribution in [0.4, 0.5) is 0 Å². The summed E-state index contributed by atoms with van der Waals surface area (Å²) in [5.41, 5.74) is 0.455. The molecule has 8 nitrogen and oxygen atoms in total. The minimum atomic E-state index is -0.873. The van der Waals surface area contributed by atoms with E-state index in [-0.39, 0.29) is 35.1 Å². The van der Waals surface area contributed by atoms with Crippen molar-refractivity contribution in [3.05, 3.63) is 45.6 Å². The van der Waals surface area contributed by atoms with Crippen LogP contribution in [-0.2, 0) is 20.7 Å². The first kappa shape index (κ1) is 22.6. The Balaban J connectivity index is 2.16. The maximum atomic E-state index is 13.2. The molecule has 0 amide bonds. The SMILES string of the molecule is COC(=O)COc1cc2c(=O)c3c(O)ccc(C[C@H](O)C(C)(C)OC)c3oc2cc1C. The number of hydrogen-bond acceptors (Lipinski definition) is 8. The van der Waals surface area contributed by atoms with E-state index in [1.54, 1.807) is 32.9 Å². The molecule has 0 bridgehead atoms. The predicted molar refractivity (Wildman–Crippen MR) is 115 cm³/mol. The number of ether oxygens (including phenoxy) is 3. The maximum absolute atomic E-state index is 13.2. The number of fused-ring (bicyclic) bond motifs is 2. The fourth-order valence-electron chi connectivity index (χ4n) is 3.22. The summed E-state index contributed by atoms with van der Waals surface area (Å²) in [6.07, 6.45) is -0.715. The number of rotatable bonds is 7. The van der Waals surface area contributed by atoms with Gasteiger partial charge in [0.25, 0.3) is 0 Å². The number of methoxy groups -OCH3 is 2. The highest BCUT2D eigenvalue weighted by molar-refractivity contribution is 5.95. The number of phenolic OH excluding ortho intramolecular Hbond substituents is 1. The van der Waals surface area contributed by atoms with Gasteiger partial charge in [-0.05, 0) is 50.1 Å². The second-order valence-corrected chi connectivity index (χ2v) is 7.89. The van der Waals surface area contributed by atoms with Gasteiger partial charge in [-0.15, -0.1) is 0 Å². The molecule has 0 saturated carbocycles. The molecule has 2 N–H and O–H groups in total. The predicted octanol–water partition coefficient (Wildman–Crippen LogP) is 2.84. The summed E-state index contributed by atoms with van der Waals surface area (Å²) in [6, 6.07) is 6.12. The van der Waals surface area contributed by atoms with Crippen LogP contribution in [0, 0.1) is 6.92 Å². The van der Waals surface area contributed by atoms with E-state index in [9.17, 15) is 19.8 Å². The summed E-state index contributed by atoms with van der Waals surface area (Å²) in [5, 5.41) is 21.2. The minimum absolute atomic E-state index is 0.00944. The molecule has 0 fully saturated rings. The van der Waals surface area contributed by atoms with E-state index in [1.165, 1.54) is 26.4 Å². The summed E-state index contributed by atoms with van der Waals surface area (Å²) >= 11 is 0. The lowest BCUT2D eigenvalue weighted by atomic mass is 9.93. The van der Waals surface area contributed by atoms with Crippen molar-refractivity contribution in [1.82, 2.24) is 0 Å². The van der Waals surface area contributed by atoms with Crippen LogP contribution in [0.3, 0.4) is 0 Å². The minimum Gasteiger partial charge on any atom is -0.507 e. The van der Waals surface area contributed by atoms with Crippen molar-refractivity contribution in [3.8, 4) is 11.5 Å². The number of phenols is 1. The van der Waals surface area contributed by atoms with Crippen LogP contribution in [0.5, 0.6) is 11.5 Å². The van der Waals surface area contributed by atoms with Gasteiger partial charge in [-0.2, -0.15) is 0 Å². The molecule has 1 aromatic heterocycles. The van der Waals surface area contributed by atoms with E-state index >= 15 is 0 Å². The Bertz CT molecular complexity index is 1190. The van der Waals surface area contributed by atoms with Crippen molar-refractivity contribution in [2.45, 2.75) is 38.9 Å². The lowest BCUT2D eigenvalue weighted by Crippen LogP contribution is -2.39. The van der Waals surface area contributed by atoms with Crippen molar-refractivity contribution in [2.75, 3.05) is 20.8 Å². The molecule has 0 radical (unpaired) electrons. The molecule has 1 atom stereocenters. The summed E-state index contributed by atoms with van der Waals surface area (Å²) in [6.45, 7) is 4.96. The van der Waals surface area contributed by atoms with Crippen molar-refractivity contribution in [1.29, 1.82) is 0 Å². The van der Waals surface area contributed by atoms with Gasteiger partial charge in [-0.1, -0.05) is 6.07 Å². The van der Waals surface area contributed by atoms with Crippen LogP contribution < -0.4 is 10.2 Å². The lowest BCUT2D eigenvalue weighted by molar-refractivity contribution is -0.142. The van der Waals surface area contributed by atoms with Gasteiger partial charge >= 0.3 is 5.97 Å². The fraction of sp³-hybridized carbons (Fsp3) is 0.391. The van der Waals surface area contributed by atoms with Crippen LogP contribution in [0.1, 0.15) is 25.0 Å². The molecule has 0 aliphatic carbocycles. The molecule has 1 heterocycles. The normalized spacial score (nSPS) is 12.8. The number of aliphatic hydroxyl groups excluding tert-OH is 1. The van der Waals surface area contributed by atoms with Crippen LogP contribution in [0.2, 0.25) is 0 Å². The number of esters is 1. The smallest absolute Gasteiger partial charge is 0.343 e. The zero-order valence-electron chi connectivity index (χ0n) is 18.1. The van der Waals surface area contributed by atoms with E-state index in [0.717, 1.165) is 0 Å². The third kappa shape index (κ3) is 4.35. The Morgan fingerprint density at radius 3 is 2.58 bits per heavy atom. The first-order chi connectivity index (χ1) is 14.6. The van der Waals surface area contributed by atoms with Crippen LogP contribution in [0.25, 0.3) is 21.9 Å². The summed E-state index contributed by atoms with van der Waals surface area (Å²) < 4.78 is 21.4. The molecule has 0 spiro atoms. The van der Waals surface area contributed by atoms with E-state index in [4.69, 9.17) is 13.9 Å². The van der Waals surface area contributed by atoms with Crippen molar-refractivity contribution >= 4 is 27.9 Å². The van der Waals surface area contributed by atoms with Gasteiger partial charge < -0.3 is 28.8 Å². The molecule has 0 saturated heterocycles. The molecule has 2 aromatic carbocycles. The number of hydrogen-bond donors (Lipinski definition) is 2. The largest absolute Gasteiger partial charge is 0.507 e. The zero-order valence-corrected chi connectivity index (χ0v) is 18.1. The van der Waals surface area contributed by atoms with Gasteiger partial charge in [-0.25, -0.2) is 4.79 Å². The van der Waals surface area contributed by atoms with E-state index in [0.29, 0.717) is 22.5 Å². The third-order valence-electron chi connectivity index (χ3n) is 5.49. The Hall–Kier alpha value is -3.10. The molecular formula is C23H26O8. The van der Waals surface area contributed by atoms with Crippen molar-refractivity contribution in [2.24, 2.45) is 0 Å². The maximum Gasteiger partial charge on any atom is 0.343 e. The van der Waals surface area contributed by atoms with Gasteiger partial charge in [0.1, 0.15) is 28.1 Å².